The van der Waals surface area contributed by atoms with E-state index in [4.69, 9.17) is 5.26 Å². The van der Waals surface area contributed by atoms with Crippen molar-refractivity contribution in [3.63, 3.8) is 0 Å². The topological polar surface area (TPSA) is 36.7 Å². The van der Waals surface area contributed by atoms with Crippen LogP contribution in [0.4, 0.5) is 8.78 Å². The van der Waals surface area contributed by atoms with Gasteiger partial charge in [0.2, 0.25) is 0 Å². The predicted octanol–water partition coefficient (Wildman–Crippen LogP) is 2.65. The number of nitriles is 1. The summed E-state index contributed by atoms with van der Waals surface area (Å²) >= 11 is 2.89. The zero-order valence-electron chi connectivity index (χ0n) is 5.76. The first-order chi connectivity index (χ1) is 5.66. The van der Waals surface area contributed by atoms with Crippen LogP contribution < -0.4 is 0 Å². The van der Waals surface area contributed by atoms with Crippen LogP contribution >= 0.6 is 15.9 Å². The van der Waals surface area contributed by atoms with Crippen molar-refractivity contribution in [3.8, 4) is 6.07 Å². The van der Waals surface area contributed by atoms with Gasteiger partial charge in [-0.3, -0.25) is 4.98 Å². The Bertz CT molecular complexity index is 333. The summed E-state index contributed by atoms with van der Waals surface area (Å²) in [6.45, 7) is 0. The van der Waals surface area contributed by atoms with Crippen molar-refractivity contribution >= 4 is 15.9 Å². The highest BCUT2D eigenvalue weighted by Crippen LogP contribution is 2.28. The lowest BCUT2D eigenvalue weighted by atomic mass is 10.2. The second-order valence-electron chi connectivity index (χ2n) is 2.00. The first kappa shape index (κ1) is 9.07. The third-order valence-corrected chi connectivity index (χ3v) is 1.91. The summed E-state index contributed by atoms with van der Waals surface area (Å²) < 4.78 is 24.7. The Labute approximate surface area is 76.0 Å². The van der Waals surface area contributed by atoms with Crippen molar-refractivity contribution in [1.29, 1.82) is 5.26 Å². The van der Waals surface area contributed by atoms with Gasteiger partial charge in [-0.1, -0.05) is 0 Å². The van der Waals surface area contributed by atoms with E-state index in [-0.39, 0.29) is 15.6 Å². The summed E-state index contributed by atoms with van der Waals surface area (Å²) in [5, 5.41) is 8.45. The molecule has 2 nitrogen and oxygen atoms in total. The minimum absolute atomic E-state index is 0.0978. The molecule has 0 atom stereocenters. The van der Waals surface area contributed by atoms with Crippen LogP contribution in [-0.2, 0) is 0 Å². The number of aromatic nitrogens is 1. The second kappa shape index (κ2) is 3.59. The second-order valence-corrected chi connectivity index (χ2v) is 2.85. The smallest absolute Gasteiger partial charge is 0.262 e. The summed E-state index contributed by atoms with van der Waals surface area (Å²) in [5.74, 6) is 0. The quantitative estimate of drug-likeness (QED) is 0.747. The minimum atomic E-state index is -2.66. The average Bonchev–Trinajstić information content (AvgIpc) is 2.03. The monoisotopic (exact) mass is 232 g/mol. The summed E-state index contributed by atoms with van der Waals surface area (Å²) in [7, 11) is 0. The van der Waals surface area contributed by atoms with Crippen LogP contribution in [0.25, 0.3) is 0 Å². The molecule has 0 unspecified atom stereocenters. The van der Waals surface area contributed by atoms with Crippen LogP contribution in [0.15, 0.2) is 16.9 Å². The van der Waals surface area contributed by atoms with Gasteiger partial charge in [-0.15, -0.1) is 0 Å². The third kappa shape index (κ3) is 1.59. The number of hydrogen-bond acceptors (Lipinski definition) is 2. The molecule has 0 bridgehead atoms. The van der Waals surface area contributed by atoms with E-state index in [1.807, 2.05) is 0 Å². The molecule has 0 fully saturated rings. The van der Waals surface area contributed by atoms with Crippen LogP contribution in [0.5, 0.6) is 0 Å². The van der Waals surface area contributed by atoms with E-state index in [0.717, 1.165) is 6.20 Å². The van der Waals surface area contributed by atoms with Crippen molar-refractivity contribution in [2.75, 3.05) is 0 Å². The van der Waals surface area contributed by atoms with Gasteiger partial charge in [-0.2, -0.15) is 5.26 Å². The highest BCUT2D eigenvalue weighted by molar-refractivity contribution is 9.10. The van der Waals surface area contributed by atoms with Crippen molar-refractivity contribution in [3.05, 3.63) is 28.0 Å². The SMILES string of the molecule is N#Cc1cncc(Br)c1C(F)F. The maximum absolute atomic E-state index is 12.3. The molecule has 1 rings (SSSR count). The Balaban J connectivity index is 3.32. The van der Waals surface area contributed by atoms with E-state index in [0.29, 0.717) is 0 Å². The Kier molecular flexibility index (Phi) is 2.71. The predicted molar refractivity (Wildman–Crippen MR) is 41.6 cm³/mol. The molecular weight excluding hydrogens is 230 g/mol. The van der Waals surface area contributed by atoms with Crippen molar-refractivity contribution in [2.24, 2.45) is 0 Å². The van der Waals surface area contributed by atoms with Crippen LogP contribution in [-0.4, -0.2) is 4.98 Å². The maximum atomic E-state index is 12.3. The van der Waals surface area contributed by atoms with Crippen LogP contribution in [0.1, 0.15) is 17.6 Å². The van der Waals surface area contributed by atoms with Gasteiger partial charge < -0.3 is 0 Å². The Morgan fingerprint density at radius 1 is 1.50 bits per heavy atom. The van der Waals surface area contributed by atoms with E-state index >= 15 is 0 Å². The summed E-state index contributed by atoms with van der Waals surface area (Å²) in [6.07, 6.45) is -0.300. The number of rotatable bonds is 1. The summed E-state index contributed by atoms with van der Waals surface area (Å²) in [5.41, 5.74) is -0.396. The molecule has 1 aromatic rings. The van der Waals surface area contributed by atoms with E-state index < -0.39 is 6.43 Å². The van der Waals surface area contributed by atoms with E-state index in [2.05, 4.69) is 20.9 Å². The lowest BCUT2D eigenvalue weighted by Gasteiger charge is -2.03. The molecule has 0 saturated heterocycles. The molecule has 0 spiro atoms. The fraction of sp³-hybridized carbons (Fsp3) is 0.143. The lowest BCUT2D eigenvalue weighted by Crippen LogP contribution is -1.93. The molecule has 1 heterocycles. The molecule has 0 aliphatic rings. The molecule has 0 aromatic carbocycles. The number of hydrogen-bond donors (Lipinski definition) is 0. The summed E-state index contributed by atoms with van der Waals surface area (Å²) in [6, 6.07) is 1.65. The standard InChI is InChI=1S/C7H3BrF2N2/c8-5-3-12-2-4(1-11)6(5)7(9)10/h2-3,7H. The first-order valence-corrected chi connectivity index (χ1v) is 3.77. The largest absolute Gasteiger partial charge is 0.266 e. The van der Waals surface area contributed by atoms with Gasteiger partial charge in [-0.05, 0) is 15.9 Å². The molecule has 62 valence electrons. The van der Waals surface area contributed by atoms with Gasteiger partial charge in [0.05, 0.1) is 11.1 Å². The number of alkyl halides is 2. The van der Waals surface area contributed by atoms with Gasteiger partial charge in [0.25, 0.3) is 6.43 Å². The van der Waals surface area contributed by atoms with Crippen molar-refractivity contribution < 1.29 is 8.78 Å². The molecule has 12 heavy (non-hydrogen) atoms. The van der Waals surface area contributed by atoms with Gasteiger partial charge in [0.1, 0.15) is 6.07 Å². The normalized spacial score (nSPS) is 9.92. The fourth-order valence-electron chi connectivity index (χ4n) is 0.756. The zero-order valence-corrected chi connectivity index (χ0v) is 7.35. The molecule has 0 radical (unpaired) electrons. The summed E-state index contributed by atoms with van der Waals surface area (Å²) in [4.78, 5) is 3.60. The van der Waals surface area contributed by atoms with E-state index in [1.54, 1.807) is 6.07 Å². The van der Waals surface area contributed by atoms with Crippen LogP contribution in [0.2, 0.25) is 0 Å². The molecular formula is C7H3BrF2N2. The fourth-order valence-corrected chi connectivity index (χ4v) is 1.26. The molecule has 0 aliphatic heterocycles. The molecule has 0 N–H and O–H groups in total. The lowest BCUT2D eigenvalue weighted by molar-refractivity contribution is 0.150. The van der Waals surface area contributed by atoms with Crippen molar-refractivity contribution in [2.45, 2.75) is 6.43 Å². The Hall–Kier alpha value is -1.02. The van der Waals surface area contributed by atoms with Crippen molar-refractivity contribution in [1.82, 2.24) is 4.98 Å². The molecule has 0 saturated carbocycles. The molecule has 0 aliphatic carbocycles. The Morgan fingerprint density at radius 2 is 2.17 bits per heavy atom. The number of nitrogens with zero attached hydrogens (tertiary/aromatic N) is 2. The van der Waals surface area contributed by atoms with Gasteiger partial charge >= 0.3 is 0 Å². The van der Waals surface area contributed by atoms with Crippen LogP contribution in [0.3, 0.4) is 0 Å². The minimum Gasteiger partial charge on any atom is -0.262 e. The molecule has 0 amide bonds. The number of pyridine rings is 1. The molecule has 1 aromatic heterocycles. The average molecular weight is 233 g/mol. The maximum Gasteiger partial charge on any atom is 0.266 e. The molecule has 5 heteroatoms. The van der Waals surface area contributed by atoms with E-state index in [9.17, 15) is 8.78 Å². The van der Waals surface area contributed by atoms with Crippen LogP contribution in [0, 0.1) is 11.3 Å². The van der Waals surface area contributed by atoms with Gasteiger partial charge in [0, 0.05) is 16.9 Å². The highest BCUT2D eigenvalue weighted by atomic mass is 79.9. The Morgan fingerprint density at radius 3 is 2.58 bits per heavy atom. The first-order valence-electron chi connectivity index (χ1n) is 2.98. The van der Waals surface area contributed by atoms with Gasteiger partial charge in [-0.25, -0.2) is 8.78 Å². The third-order valence-electron chi connectivity index (χ3n) is 1.28. The highest BCUT2D eigenvalue weighted by Gasteiger charge is 2.16. The number of halogens is 3. The zero-order chi connectivity index (χ0) is 9.14. The van der Waals surface area contributed by atoms with E-state index in [1.165, 1.54) is 6.20 Å². The van der Waals surface area contributed by atoms with Gasteiger partial charge in [0.15, 0.2) is 0 Å².